The largest absolute Gasteiger partial charge is 0.355 e. The number of amides is 1. The van der Waals surface area contributed by atoms with E-state index in [2.05, 4.69) is 5.32 Å². The third kappa shape index (κ3) is 7.07. The van der Waals surface area contributed by atoms with Crippen LogP contribution in [0.2, 0.25) is 0 Å². The maximum atomic E-state index is 11.3. The number of rotatable bonds is 6. The molecule has 1 amide bonds. The SMILES string of the molecule is Cl.NCCNC(=O)CCCC1CCCCC1. The first-order chi connectivity index (χ1) is 7.33. The minimum Gasteiger partial charge on any atom is -0.355 e. The molecule has 0 atom stereocenters. The molecule has 0 spiro atoms. The summed E-state index contributed by atoms with van der Waals surface area (Å²) < 4.78 is 0. The molecular formula is C12H25ClN2O. The minimum absolute atomic E-state index is 0. The first kappa shape index (κ1) is 15.7. The van der Waals surface area contributed by atoms with Gasteiger partial charge in [-0.25, -0.2) is 0 Å². The van der Waals surface area contributed by atoms with Crippen molar-refractivity contribution in [3.63, 3.8) is 0 Å². The Bertz CT molecular complexity index is 182. The van der Waals surface area contributed by atoms with Gasteiger partial charge in [0.15, 0.2) is 0 Å². The van der Waals surface area contributed by atoms with Gasteiger partial charge in [-0.05, 0) is 18.8 Å². The van der Waals surface area contributed by atoms with Gasteiger partial charge in [-0.1, -0.05) is 32.1 Å². The fourth-order valence-corrected chi connectivity index (χ4v) is 2.33. The molecule has 1 aliphatic rings. The van der Waals surface area contributed by atoms with E-state index in [1.54, 1.807) is 0 Å². The fraction of sp³-hybridized carbons (Fsp3) is 0.917. The summed E-state index contributed by atoms with van der Waals surface area (Å²) in [4.78, 5) is 11.3. The summed E-state index contributed by atoms with van der Waals surface area (Å²) in [5.41, 5.74) is 5.31. The summed E-state index contributed by atoms with van der Waals surface area (Å²) in [6.45, 7) is 1.15. The van der Waals surface area contributed by atoms with Crippen LogP contribution in [-0.2, 0) is 4.79 Å². The van der Waals surface area contributed by atoms with Crippen LogP contribution < -0.4 is 11.1 Å². The maximum absolute atomic E-state index is 11.3. The second kappa shape index (κ2) is 9.91. The van der Waals surface area contributed by atoms with Gasteiger partial charge < -0.3 is 11.1 Å². The van der Waals surface area contributed by atoms with E-state index in [4.69, 9.17) is 5.73 Å². The average Bonchev–Trinajstić information content (AvgIpc) is 2.28. The van der Waals surface area contributed by atoms with Gasteiger partial charge in [0.05, 0.1) is 0 Å². The molecule has 0 radical (unpaired) electrons. The van der Waals surface area contributed by atoms with Crippen LogP contribution in [0.3, 0.4) is 0 Å². The fourth-order valence-electron chi connectivity index (χ4n) is 2.33. The number of hydrogen-bond donors (Lipinski definition) is 2. The zero-order chi connectivity index (χ0) is 10.9. The number of carbonyl (C=O) groups excluding carboxylic acids is 1. The molecule has 0 unspecified atom stereocenters. The van der Waals surface area contributed by atoms with E-state index in [9.17, 15) is 4.79 Å². The number of halogens is 1. The lowest BCUT2D eigenvalue weighted by molar-refractivity contribution is -0.121. The number of nitrogens with one attached hydrogen (secondary N) is 1. The summed E-state index contributed by atoms with van der Waals surface area (Å²) in [7, 11) is 0. The van der Waals surface area contributed by atoms with Crippen molar-refractivity contribution in [3.8, 4) is 0 Å². The lowest BCUT2D eigenvalue weighted by atomic mass is 9.86. The minimum atomic E-state index is 0. The second-order valence-corrected chi connectivity index (χ2v) is 4.53. The molecule has 96 valence electrons. The van der Waals surface area contributed by atoms with E-state index in [1.807, 2.05) is 0 Å². The van der Waals surface area contributed by atoms with Crippen LogP contribution in [0, 0.1) is 5.92 Å². The van der Waals surface area contributed by atoms with Crippen molar-refractivity contribution >= 4 is 18.3 Å². The van der Waals surface area contributed by atoms with E-state index in [1.165, 1.54) is 38.5 Å². The zero-order valence-electron chi connectivity index (χ0n) is 10.0. The topological polar surface area (TPSA) is 55.1 Å². The van der Waals surface area contributed by atoms with Crippen molar-refractivity contribution in [2.45, 2.75) is 51.4 Å². The van der Waals surface area contributed by atoms with Gasteiger partial charge in [-0.15, -0.1) is 12.4 Å². The van der Waals surface area contributed by atoms with Gasteiger partial charge in [0.1, 0.15) is 0 Å². The van der Waals surface area contributed by atoms with Crippen molar-refractivity contribution in [2.24, 2.45) is 11.7 Å². The van der Waals surface area contributed by atoms with Gasteiger partial charge in [-0.2, -0.15) is 0 Å². The number of hydrogen-bond acceptors (Lipinski definition) is 2. The molecule has 0 aromatic rings. The first-order valence-corrected chi connectivity index (χ1v) is 6.29. The van der Waals surface area contributed by atoms with Crippen LogP contribution in [0.25, 0.3) is 0 Å². The molecule has 1 aliphatic carbocycles. The molecule has 4 heteroatoms. The first-order valence-electron chi connectivity index (χ1n) is 6.29. The normalized spacial score (nSPS) is 16.6. The van der Waals surface area contributed by atoms with E-state index in [0.29, 0.717) is 19.5 Å². The molecule has 0 aromatic heterocycles. The number of nitrogens with two attached hydrogens (primary N) is 1. The Hall–Kier alpha value is -0.280. The molecular weight excluding hydrogens is 224 g/mol. The Labute approximate surface area is 105 Å². The van der Waals surface area contributed by atoms with Crippen LogP contribution in [0.15, 0.2) is 0 Å². The van der Waals surface area contributed by atoms with Gasteiger partial charge >= 0.3 is 0 Å². The maximum Gasteiger partial charge on any atom is 0.220 e. The predicted molar refractivity (Wildman–Crippen MR) is 69.7 cm³/mol. The molecule has 16 heavy (non-hydrogen) atoms. The van der Waals surface area contributed by atoms with E-state index < -0.39 is 0 Å². The standard InChI is InChI=1S/C12H24N2O.ClH/c13-9-10-14-12(15)8-4-7-11-5-2-1-3-6-11;/h11H,1-10,13H2,(H,14,15);1H. The third-order valence-electron chi connectivity index (χ3n) is 3.21. The zero-order valence-corrected chi connectivity index (χ0v) is 10.9. The quantitative estimate of drug-likeness (QED) is 0.758. The van der Waals surface area contributed by atoms with Crippen molar-refractivity contribution in [2.75, 3.05) is 13.1 Å². The molecule has 0 aromatic carbocycles. The lowest BCUT2D eigenvalue weighted by Gasteiger charge is -2.21. The van der Waals surface area contributed by atoms with Crippen LogP contribution >= 0.6 is 12.4 Å². The Kier molecular flexibility index (Phi) is 9.74. The van der Waals surface area contributed by atoms with E-state index in [-0.39, 0.29) is 18.3 Å². The Morgan fingerprint density at radius 2 is 1.94 bits per heavy atom. The van der Waals surface area contributed by atoms with Crippen LogP contribution in [0.5, 0.6) is 0 Å². The molecule has 1 rings (SSSR count). The molecule has 0 saturated heterocycles. The van der Waals surface area contributed by atoms with E-state index in [0.717, 1.165) is 12.3 Å². The molecule has 1 fully saturated rings. The predicted octanol–water partition coefficient (Wildman–Crippen LogP) is 2.23. The third-order valence-corrected chi connectivity index (χ3v) is 3.21. The highest BCUT2D eigenvalue weighted by molar-refractivity contribution is 5.85. The molecule has 3 N–H and O–H groups in total. The average molecular weight is 249 g/mol. The highest BCUT2D eigenvalue weighted by Crippen LogP contribution is 2.27. The highest BCUT2D eigenvalue weighted by atomic mass is 35.5. The summed E-state index contributed by atoms with van der Waals surface area (Å²) in [5.74, 6) is 1.05. The van der Waals surface area contributed by atoms with Gasteiger partial charge in [0.25, 0.3) is 0 Å². The summed E-state index contributed by atoms with van der Waals surface area (Å²) in [5, 5.41) is 2.81. The van der Waals surface area contributed by atoms with Crippen LogP contribution in [0.4, 0.5) is 0 Å². The van der Waals surface area contributed by atoms with E-state index >= 15 is 0 Å². The number of carbonyl (C=O) groups is 1. The molecule has 0 bridgehead atoms. The monoisotopic (exact) mass is 248 g/mol. The van der Waals surface area contributed by atoms with Gasteiger partial charge in [-0.3, -0.25) is 4.79 Å². The summed E-state index contributed by atoms with van der Waals surface area (Å²) in [6, 6.07) is 0. The van der Waals surface area contributed by atoms with Crippen LogP contribution in [-0.4, -0.2) is 19.0 Å². The van der Waals surface area contributed by atoms with Crippen LogP contribution in [0.1, 0.15) is 51.4 Å². The Morgan fingerprint density at radius 3 is 2.56 bits per heavy atom. The molecule has 1 saturated carbocycles. The van der Waals surface area contributed by atoms with Crippen molar-refractivity contribution in [1.29, 1.82) is 0 Å². The lowest BCUT2D eigenvalue weighted by Crippen LogP contribution is -2.28. The molecule has 3 nitrogen and oxygen atoms in total. The Balaban J connectivity index is 0.00000225. The van der Waals surface area contributed by atoms with Gasteiger partial charge in [0, 0.05) is 19.5 Å². The smallest absolute Gasteiger partial charge is 0.220 e. The molecule has 0 aliphatic heterocycles. The van der Waals surface area contributed by atoms with Crippen molar-refractivity contribution in [1.82, 2.24) is 5.32 Å². The van der Waals surface area contributed by atoms with Crippen molar-refractivity contribution in [3.05, 3.63) is 0 Å². The highest BCUT2D eigenvalue weighted by Gasteiger charge is 2.13. The Morgan fingerprint density at radius 1 is 1.25 bits per heavy atom. The van der Waals surface area contributed by atoms with Gasteiger partial charge in [0.2, 0.25) is 5.91 Å². The molecule has 0 heterocycles. The summed E-state index contributed by atoms with van der Waals surface area (Å²) in [6.07, 6.45) is 9.91. The van der Waals surface area contributed by atoms with Crippen molar-refractivity contribution < 1.29 is 4.79 Å². The summed E-state index contributed by atoms with van der Waals surface area (Å²) >= 11 is 0. The second-order valence-electron chi connectivity index (χ2n) is 4.53.